The molecular weight excluding hydrogens is 358 g/mol. The number of benzene rings is 2. The summed E-state index contributed by atoms with van der Waals surface area (Å²) in [5.41, 5.74) is 3.42. The van der Waals surface area contributed by atoms with Crippen LogP contribution in [-0.2, 0) is 17.9 Å². The van der Waals surface area contributed by atoms with E-state index >= 15 is 0 Å². The number of carbonyl (C=O) groups excluding carboxylic acids is 2. The standard InChI is InChI=1S/C21H21N3O2S/c1-14(2)11-19(25)22-12-15-7-9-16(10-8-15)21(26)23-13-20-24-17-5-3-4-6-18(17)27-20/h3-11H,12-13H2,1-2H3,(H,22,25)(H,23,26). The molecule has 27 heavy (non-hydrogen) atoms. The van der Waals surface area contributed by atoms with Crippen LogP contribution in [0.5, 0.6) is 0 Å². The molecule has 0 aliphatic heterocycles. The molecule has 0 atom stereocenters. The lowest BCUT2D eigenvalue weighted by molar-refractivity contribution is -0.116. The van der Waals surface area contributed by atoms with Crippen molar-refractivity contribution in [3.8, 4) is 0 Å². The molecule has 0 aliphatic carbocycles. The van der Waals surface area contributed by atoms with Gasteiger partial charge in [0.15, 0.2) is 0 Å². The van der Waals surface area contributed by atoms with Crippen molar-refractivity contribution < 1.29 is 9.59 Å². The summed E-state index contributed by atoms with van der Waals surface area (Å²) in [7, 11) is 0. The van der Waals surface area contributed by atoms with Gasteiger partial charge in [-0.1, -0.05) is 29.8 Å². The molecule has 6 heteroatoms. The van der Waals surface area contributed by atoms with Crippen molar-refractivity contribution in [2.45, 2.75) is 26.9 Å². The minimum atomic E-state index is -0.144. The number of rotatable bonds is 6. The Morgan fingerprint density at radius 3 is 2.44 bits per heavy atom. The third kappa shape index (κ3) is 5.24. The Kier molecular flexibility index (Phi) is 5.98. The minimum absolute atomic E-state index is 0.118. The van der Waals surface area contributed by atoms with Crippen LogP contribution < -0.4 is 10.6 Å². The zero-order chi connectivity index (χ0) is 19.2. The molecule has 3 aromatic rings. The van der Waals surface area contributed by atoms with Gasteiger partial charge in [0.25, 0.3) is 5.91 Å². The number of thiazole rings is 1. The van der Waals surface area contributed by atoms with Crippen LogP contribution in [0.4, 0.5) is 0 Å². The van der Waals surface area contributed by atoms with E-state index in [4.69, 9.17) is 0 Å². The van der Waals surface area contributed by atoms with E-state index in [1.165, 1.54) is 0 Å². The van der Waals surface area contributed by atoms with Gasteiger partial charge in [0.2, 0.25) is 5.91 Å². The largest absolute Gasteiger partial charge is 0.348 e. The van der Waals surface area contributed by atoms with Crippen LogP contribution in [0.15, 0.2) is 60.2 Å². The second-order valence-corrected chi connectivity index (χ2v) is 7.51. The Bertz CT molecular complexity index is 953. The first kappa shape index (κ1) is 18.8. The summed E-state index contributed by atoms with van der Waals surface area (Å²) in [4.78, 5) is 28.5. The molecule has 0 fully saturated rings. The maximum atomic E-state index is 12.3. The molecule has 1 aromatic heterocycles. The van der Waals surface area contributed by atoms with E-state index in [0.717, 1.165) is 26.4 Å². The van der Waals surface area contributed by atoms with Crippen molar-refractivity contribution in [2.24, 2.45) is 0 Å². The van der Waals surface area contributed by atoms with E-state index in [1.807, 2.05) is 50.2 Å². The Morgan fingerprint density at radius 1 is 1.00 bits per heavy atom. The van der Waals surface area contributed by atoms with Gasteiger partial charge in [-0.2, -0.15) is 0 Å². The molecule has 0 unspecified atom stereocenters. The summed E-state index contributed by atoms with van der Waals surface area (Å²) in [6, 6.07) is 15.1. The second kappa shape index (κ2) is 8.60. The van der Waals surface area contributed by atoms with E-state index in [2.05, 4.69) is 15.6 Å². The van der Waals surface area contributed by atoms with E-state index in [1.54, 1.807) is 29.5 Å². The number of allylic oxidation sites excluding steroid dienone is 1. The molecule has 1 heterocycles. The highest BCUT2D eigenvalue weighted by Gasteiger charge is 2.08. The monoisotopic (exact) mass is 379 g/mol. The molecule has 0 aliphatic rings. The highest BCUT2D eigenvalue weighted by atomic mass is 32.1. The van der Waals surface area contributed by atoms with Crippen molar-refractivity contribution in [1.29, 1.82) is 0 Å². The summed E-state index contributed by atoms with van der Waals surface area (Å²) in [6.07, 6.45) is 1.56. The lowest BCUT2D eigenvalue weighted by Gasteiger charge is -2.06. The summed E-state index contributed by atoms with van der Waals surface area (Å²) < 4.78 is 1.11. The number of nitrogens with zero attached hydrogens (tertiary/aromatic N) is 1. The Balaban J connectivity index is 1.54. The molecule has 2 amide bonds. The third-order valence-electron chi connectivity index (χ3n) is 3.84. The van der Waals surface area contributed by atoms with Crippen molar-refractivity contribution in [1.82, 2.24) is 15.6 Å². The fraction of sp³-hybridized carbons (Fsp3) is 0.190. The Morgan fingerprint density at radius 2 is 1.74 bits per heavy atom. The van der Waals surface area contributed by atoms with Gasteiger partial charge in [-0.05, 0) is 43.7 Å². The molecule has 0 saturated carbocycles. The quantitative estimate of drug-likeness (QED) is 0.640. The zero-order valence-electron chi connectivity index (χ0n) is 15.3. The number of hydrogen-bond acceptors (Lipinski definition) is 4. The highest BCUT2D eigenvalue weighted by Crippen LogP contribution is 2.21. The van der Waals surface area contributed by atoms with E-state index < -0.39 is 0 Å². The van der Waals surface area contributed by atoms with Crippen molar-refractivity contribution >= 4 is 33.4 Å². The molecule has 2 aromatic carbocycles. The predicted octanol–water partition coefficient (Wildman–Crippen LogP) is 3.81. The topological polar surface area (TPSA) is 71.1 Å². The molecule has 0 radical (unpaired) electrons. The summed E-state index contributed by atoms with van der Waals surface area (Å²) in [6.45, 7) is 4.58. The number of amides is 2. The number of hydrogen-bond donors (Lipinski definition) is 2. The first-order valence-corrected chi connectivity index (χ1v) is 9.47. The van der Waals surface area contributed by atoms with Gasteiger partial charge in [-0.3, -0.25) is 9.59 Å². The minimum Gasteiger partial charge on any atom is -0.348 e. The van der Waals surface area contributed by atoms with E-state index in [-0.39, 0.29) is 11.8 Å². The lowest BCUT2D eigenvalue weighted by Crippen LogP contribution is -2.23. The molecule has 0 saturated heterocycles. The smallest absolute Gasteiger partial charge is 0.251 e. The van der Waals surface area contributed by atoms with Crippen molar-refractivity contribution in [3.63, 3.8) is 0 Å². The van der Waals surface area contributed by atoms with Gasteiger partial charge in [0.1, 0.15) is 5.01 Å². The second-order valence-electron chi connectivity index (χ2n) is 6.39. The van der Waals surface area contributed by atoms with Crippen molar-refractivity contribution in [3.05, 3.63) is 76.3 Å². The fourth-order valence-electron chi connectivity index (χ4n) is 2.53. The van der Waals surface area contributed by atoms with Gasteiger partial charge in [0.05, 0.1) is 16.8 Å². The fourth-order valence-corrected chi connectivity index (χ4v) is 3.44. The average molecular weight is 379 g/mol. The summed E-state index contributed by atoms with van der Waals surface area (Å²) in [5.74, 6) is -0.262. The van der Waals surface area contributed by atoms with Crippen LogP contribution in [0, 0.1) is 0 Å². The highest BCUT2D eigenvalue weighted by molar-refractivity contribution is 7.18. The van der Waals surface area contributed by atoms with E-state index in [9.17, 15) is 9.59 Å². The van der Waals surface area contributed by atoms with Crippen LogP contribution in [0.3, 0.4) is 0 Å². The molecular formula is C21H21N3O2S. The number of carbonyl (C=O) groups is 2. The molecule has 5 nitrogen and oxygen atoms in total. The van der Waals surface area contributed by atoms with E-state index in [0.29, 0.717) is 18.7 Å². The van der Waals surface area contributed by atoms with Crippen LogP contribution in [0.1, 0.15) is 34.8 Å². The average Bonchev–Trinajstić information content (AvgIpc) is 3.07. The molecule has 0 spiro atoms. The van der Waals surface area contributed by atoms with Gasteiger partial charge in [0, 0.05) is 18.2 Å². The number of fused-ring (bicyclic) bond motifs is 1. The normalized spacial score (nSPS) is 10.4. The molecule has 0 bridgehead atoms. The lowest BCUT2D eigenvalue weighted by atomic mass is 10.1. The van der Waals surface area contributed by atoms with Crippen LogP contribution in [0.2, 0.25) is 0 Å². The van der Waals surface area contributed by atoms with Crippen LogP contribution >= 0.6 is 11.3 Å². The Hall–Kier alpha value is -2.99. The SMILES string of the molecule is CC(C)=CC(=O)NCc1ccc(C(=O)NCc2nc3ccccc3s2)cc1. The summed E-state index contributed by atoms with van der Waals surface area (Å²) >= 11 is 1.58. The maximum absolute atomic E-state index is 12.3. The zero-order valence-corrected chi connectivity index (χ0v) is 16.1. The van der Waals surface area contributed by atoms with Gasteiger partial charge >= 0.3 is 0 Å². The molecule has 3 rings (SSSR count). The van der Waals surface area contributed by atoms with Crippen molar-refractivity contribution in [2.75, 3.05) is 0 Å². The predicted molar refractivity (Wildman–Crippen MR) is 109 cm³/mol. The third-order valence-corrected chi connectivity index (χ3v) is 4.88. The molecule has 2 N–H and O–H groups in total. The van der Waals surface area contributed by atoms with Gasteiger partial charge in [-0.15, -0.1) is 11.3 Å². The first-order chi connectivity index (χ1) is 13.0. The maximum Gasteiger partial charge on any atom is 0.251 e. The van der Waals surface area contributed by atoms with Gasteiger partial charge < -0.3 is 10.6 Å². The Labute approximate surface area is 162 Å². The number of nitrogens with one attached hydrogen (secondary N) is 2. The summed E-state index contributed by atoms with van der Waals surface area (Å²) in [5, 5.41) is 6.59. The first-order valence-electron chi connectivity index (χ1n) is 8.65. The number of para-hydroxylation sites is 1. The van der Waals surface area contributed by atoms with Crippen LogP contribution in [0.25, 0.3) is 10.2 Å². The molecule has 138 valence electrons. The van der Waals surface area contributed by atoms with Crippen LogP contribution in [-0.4, -0.2) is 16.8 Å². The van der Waals surface area contributed by atoms with Gasteiger partial charge in [-0.25, -0.2) is 4.98 Å². The number of aromatic nitrogens is 1.